The highest BCUT2D eigenvalue weighted by Crippen LogP contribution is 2.22. The maximum absolute atomic E-state index is 12.3. The lowest BCUT2D eigenvalue weighted by Gasteiger charge is -2.32. The van der Waals surface area contributed by atoms with Crippen molar-refractivity contribution in [2.45, 2.75) is 44.6 Å². The normalized spacial score (nSPS) is 23.2. The molecule has 1 aliphatic heterocycles. The first kappa shape index (κ1) is 14.2. The number of piperidine rings is 1. The molecule has 1 saturated heterocycles. The Morgan fingerprint density at radius 3 is 2.71 bits per heavy atom. The summed E-state index contributed by atoms with van der Waals surface area (Å²) in [6.07, 6.45) is 9.32. The average Bonchev–Trinajstić information content (AvgIpc) is 3.20. The second-order valence-corrected chi connectivity index (χ2v) is 6.09. The van der Waals surface area contributed by atoms with Gasteiger partial charge in [0, 0.05) is 19.1 Å². The molecular formula is C16H22N2O3. The first-order chi connectivity index (χ1) is 10.2. The molecule has 2 heterocycles. The zero-order valence-electron chi connectivity index (χ0n) is 12.2. The molecule has 2 aliphatic rings. The number of amides is 2. The second-order valence-electron chi connectivity index (χ2n) is 6.09. The fraction of sp³-hybridized carbons (Fsp3) is 0.625. The molecule has 114 valence electrons. The van der Waals surface area contributed by atoms with Crippen LogP contribution in [-0.2, 0) is 4.79 Å². The van der Waals surface area contributed by atoms with Gasteiger partial charge in [0.25, 0.3) is 5.91 Å². The number of hydrogen-bond donors (Lipinski definition) is 1. The van der Waals surface area contributed by atoms with Gasteiger partial charge in [-0.2, -0.15) is 0 Å². The van der Waals surface area contributed by atoms with Gasteiger partial charge in [0.15, 0.2) is 0 Å². The lowest BCUT2D eigenvalue weighted by atomic mass is 9.96. The minimum absolute atomic E-state index is 0.0397. The summed E-state index contributed by atoms with van der Waals surface area (Å²) in [6, 6.07) is 2.02. The molecule has 3 rings (SSSR count). The minimum Gasteiger partial charge on any atom is -0.472 e. The highest BCUT2D eigenvalue weighted by Gasteiger charge is 2.30. The zero-order chi connectivity index (χ0) is 14.7. The van der Waals surface area contributed by atoms with E-state index >= 15 is 0 Å². The van der Waals surface area contributed by atoms with E-state index in [0.717, 1.165) is 32.2 Å². The van der Waals surface area contributed by atoms with Gasteiger partial charge < -0.3 is 14.6 Å². The van der Waals surface area contributed by atoms with Gasteiger partial charge in [-0.1, -0.05) is 12.8 Å². The summed E-state index contributed by atoms with van der Waals surface area (Å²) >= 11 is 0. The van der Waals surface area contributed by atoms with Gasteiger partial charge in [0.05, 0.1) is 17.7 Å². The Labute approximate surface area is 124 Å². The van der Waals surface area contributed by atoms with Gasteiger partial charge in [0.2, 0.25) is 5.91 Å². The molecular weight excluding hydrogens is 268 g/mol. The largest absolute Gasteiger partial charge is 0.472 e. The summed E-state index contributed by atoms with van der Waals surface area (Å²) in [6.45, 7) is 1.24. The lowest BCUT2D eigenvalue weighted by Crippen LogP contribution is -2.47. The molecule has 21 heavy (non-hydrogen) atoms. The van der Waals surface area contributed by atoms with Crippen molar-refractivity contribution < 1.29 is 14.0 Å². The fourth-order valence-electron chi connectivity index (χ4n) is 3.33. The smallest absolute Gasteiger partial charge is 0.257 e. The molecule has 2 amide bonds. The van der Waals surface area contributed by atoms with Crippen LogP contribution in [0.4, 0.5) is 0 Å². The topological polar surface area (TPSA) is 62.6 Å². The van der Waals surface area contributed by atoms with Crippen molar-refractivity contribution in [1.29, 1.82) is 0 Å². The number of rotatable bonds is 3. The third-order valence-electron chi connectivity index (χ3n) is 4.55. The van der Waals surface area contributed by atoms with E-state index in [4.69, 9.17) is 4.42 Å². The first-order valence-electron chi connectivity index (χ1n) is 7.86. The Morgan fingerprint density at radius 1 is 1.19 bits per heavy atom. The molecule has 0 bridgehead atoms. The summed E-state index contributed by atoms with van der Waals surface area (Å²) < 4.78 is 4.96. The van der Waals surface area contributed by atoms with Crippen LogP contribution in [0, 0.1) is 5.92 Å². The van der Waals surface area contributed by atoms with Crippen LogP contribution < -0.4 is 5.32 Å². The van der Waals surface area contributed by atoms with E-state index < -0.39 is 0 Å². The Balaban J connectivity index is 1.57. The van der Waals surface area contributed by atoms with Crippen LogP contribution in [0.3, 0.4) is 0 Å². The fourth-order valence-corrected chi connectivity index (χ4v) is 3.33. The monoisotopic (exact) mass is 290 g/mol. The van der Waals surface area contributed by atoms with Crippen LogP contribution in [0.15, 0.2) is 23.0 Å². The summed E-state index contributed by atoms with van der Waals surface area (Å²) in [4.78, 5) is 26.4. The number of furan rings is 1. The van der Waals surface area contributed by atoms with Crippen molar-refractivity contribution in [1.82, 2.24) is 10.2 Å². The third kappa shape index (κ3) is 3.28. The summed E-state index contributed by atoms with van der Waals surface area (Å²) in [5.74, 6) is 0.00362. The first-order valence-corrected chi connectivity index (χ1v) is 7.86. The van der Waals surface area contributed by atoms with Crippen LogP contribution in [0.25, 0.3) is 0 Å². The van der Waals surface area contributed by atoms with E-state index in [0.29, 0.717) is 18.2 Å². The van der Waals surface area contributed by atoms with Gasteiger partial charge in [0.1, 0.15) is 6.26 Å². The number of nitrogens with zero attached hydrogens (tertiary/aromatic N) is 1. The van der Waals surface area contributed by atoms with Crippen LogP contribution in [0.1, 0.15) is 48.9 Å². The van der Waals surface area contributed by atoms with Gasteiger partial charge >= 0.3 is 0 Å². The van der Waals surface area contributed by atoms with Gasteiger partial charge in [-0.15, -0.1) is 0 Å². The molecule has 5 nitrogen and oxygen atoms in total. The molecule has 0 radical (unpaired) electrons. The SMILES string of the molecule is O=C(NC1CCCC1)C1CCCN(C(=O)c2ccoc2)C1. The van der Waals surface area contributed by atoms with Crippen LogP contribution >= 0.6 is 0 Å². The molecule has 1 aromatic heterocycles. The molecule has 0 spiro atoms. The highest BCUT2D eigenvalue weighted by molar-refractivity contribution is 5.94. The van der Waals surface area contributed by atoms with E-state index in [1.54, 1.807) is 11.0 Å². The summed E-state index contributed by atoms with van der Waals surface area (Å²) in [7, 11) is 0. The maximum Gasteiger partial charge on any atom is 0.257 e. The molecule has 1 aromatic rings. The number of carbonyl (C=O) groups excluding carboxylic acids is 2. The van der Waals surface area contributed by atoms with Crippen molar-refractivity contribution in [3.63, 3.8) is 0 Å². The standard InChI is InChI=1S/C16H22N2O3/c19-15(17-14-5-1-2-6-14)12-4-3-8-18(10-12)16(20)13-7-9-21-11-13/h7,9,11-12,14H,1-6,8,10H2,(H,17,19). The molecule has 0 aromatic carbocycles. The second kappa shape index (κ2) is 6.33. The molecule has 5 heteroatoms. The summed E-state index contributed by atoms with van der Waals surface area (Å²) in [5.41, 5.74) is 0.562. The predicted octanol–water partition coefficient (Wildman–Crippen LogP) is 2.19. The average molecular weight is 290 g/mol. The Morgan fingerprint density at radius 2 is 2.00 bits per heavy atom. The van der Waals surface area contributed by atoms with Crippen molar-refractivity contribution in [3.05, 3.63) is 24.2 Å². The van der Waals surface area contributed by atoms with E-state index in [1.807, 2.05) is 0 Å². The van der Waals surface area contributed by atoms with Crippen molar-refractivity contribution in [2.24, 2.45) is 5.92 Å². The van der Waals surface area contributed by atoms with Crippen molar-refractivity contribution in [3.8, 4) is 0 Å². The van der Waals surface area contributed by atoms with Crippen LogP contribution in [0.5, 0.6) is 0 Å². The van der Waals surface area contributed by atoms with E-state index in [1.165, 1.54) is 25.4 Å². The predicted molar refractivity (Wildman–Crippen MR) is 77.7 cm³/mol. The van der Waals surface area contributed by atoms with Gasteiger partial charge in [-0.05, 0) is 31.7 Å². The number of likely N-dealkylation sites (tertiary alicyclic amines) is 1. The van der Waals surface area contributed by atoms with E-state index in [9.17, 15) is 9.59 Å². The lowest BCUT2D eigenvalue weighted by molar-refractivity contribution is -0.127. The van der Waals surface area contributed by atoms with Crippen molar-refractivity contribution in [2.75, 3.05) is 13.1 Å². The van der Waals surface area contributed by atoms with E-state index in [-0.39, 0.29) is 17.7 Å². The molecule has 2 fully saturated rings. The Kier molecular flexibility index (Phi) is 4.27. The number of nitrogens with one attached hydrogen (secondary N) is 1. The molecule has 1 unspecified atom stereocenters. The van der Waals surface area contributed by atoms with Gasteiger partial charge in [-0.25, -0.2) is 0 Å². The van der Waals surface area contributed by atoms with Crippen LogP contribution in [-0.4, -0.2) is 35.8 Å². The highest BCUT2D eigenvalue weighted by atomic mass is 16.3. The van der Waals surface area contributed by atoms with Gasteiger partial charge in [-0.3, -0.25) is 9.59 Å². The van der Waals surface area contributed by atoms with Crippen LogP contribution in [0.2, 0.25) is 0 Å². The zero-order valence-corrected chi connectivity index (χ0v) is 12.2. The van der Waals surface area contributed by atoms with Crippen molar-refractivity contribution >= 4 is 11.8 Å². The molecule has 1 saturated carbocycles. The number of hydrogen-bond acceptors (Lipinski definition) is 3. The van der Waals surface area contributed by atoms with E-state index in [2.05, 4.69) is 5.32 Å². The Hall–Kier alpha value is -1.78. The maximum atomic E-state index is 12.3. The molecule has 1 atom stereocenters. The quantitative estimate of drug-likeness (QED) is 0.928. The molecule has 1 N–H and O–H groups in total. The number of carbonyl (C=O) groups is 2. The minimum atomic E-state index is -0.0739. The Bertz CT molecular complexity index is 492. The summed E-state index contributed by atoms with van der Waals surface area (Å²) in [5, 5.41) is 3.15. The third-order valence-corrected chi connectivity index (χ3v) is 4.55. The molecule has 1 aliphatic carbocycles.